The van der Waals surface area contributed by atoms with Crippen molar-refractivity contribution in [1.29, 1.82) is 0 Å². The zero-order chi connectivity index (χ0) is 6.20. The van der Waals surface area contributed by atoms with E-state index in [1.807, 2.05) is 0 Å². The van der Waals surface area contributed by atoms with Gasteiger partial charge in [0.2, 0.25) is 0 Å². The molecular formula is C6H8FN. The van der Waals surface area contributed by atoms with Crippen molar-refractivity contribution in [3.05, 3.63) is 12.3 Å². The van der Waals surface area contributed by atoms with E-state index < -0.39 is 5.41 Å². The number of halogens is 1. The van der Waals surface area contributed by atoms with Crippen LogP contribution in [0.5, 0.6) is 0 Å². The van der Waals surface area contributed by atoms with Crippen molar-refractivity contribution < 1.29 is 4.39 Å². The molecule has 2 heteroatoms. The SMILES string of the molecule is CC1(C)C=CN=C1F. The molecule has 1 heterocycles. The molecule has 8 heavy (non-hydrogen) atoms. The molecule has 0 saturated carbocycles. The molecule has 1 aliphatic heterocycles. The normalized spacial score (nSPS) is 23.6. The van der Waals surface area contributed by atoms with Crippen LogP contribution in [0.25, 0.3) is 0 Å². The van der Waals surface area contributed by atoms with Gasteiger partial charge >= 0.3 is 0 Å². The molecule has 1 nitrogen and oxygen atoms in total. The highest BCUT2D eigenvalue weighted by molar-refractivity contribution is 5.85. The van der Waals surface area contributed by atoms with Crippen molar-refractivity contribution in [3.8, 4) is 0 Å². The van der Waals surface area contributed by atoms with Gasteiger partial charge in [-0.2, -0.15) is 4.39 Å². The zero-order valence-corrected chi connectivity index (χ0v) is 4.98. The molecule has 0 saturated heterocycles. The fourth-order valence-corrected chi connectivity index (χ4v) is 0.524. The monoisotopic (exact) mass is 113 g/mol. The minimum absolute atomic E-state index is 0.294. The highest BCUT2D eigenvalue weighted by Gasteiger charge is 2.24. The van der Waals surface area contributed by atoms with Gasteiger partial charge in [0, 0.05) is 6.20 Å². The average Bonchev–Trinajstić information content (AvgIpc) is 1.86. The predicted octanol–water partition coefficient (Wildman–Crippen LogP) is 1.91. The van der Waals surface area contributed by atoms with E-state index in [1.54, 1.807) is 19.9 Å². The molecule has 0 atom stereocenters. The van der Waals surface area contributed by atoms with Crippen molar-refractivity contribution in [2.24, 2.45) is 10.4 Å². The molecule has 0 bridgehead atoms. The Hall–Kier alpha value is -0.660. The highest BCUT2D eigenvalue weighted by atomic mass is 19.1. The molecule has 0 aromatic carbocycles. The van der Waals surface area contributed by atoms with Crippen LogP contribution in [0.2, 0.25) is 0 Å². The summed E-state index contributed by atoms with van der Waals surface area (Å²) in [5.41, 5.74) is -0.444. The summed E-state index contributed by atoms with van der Waals surface area (Å²) in [5.74, 6) is -0.294. The van der Waals surface area contributed by atoms with Crippen LogP contribution in [0.4, 0.5) is 4.39 Å². The first-order valence-corrected chi connectivity index (χ1v) is 2.54. The van der Waals surface area contributed by atoms with Gasteiger partial charge in [0.05, 0.1) is 5.41 Å². The third-order valence-corrected chi connectivity index (χ3v) is 1.21. The van der Waals surface area contributed by atoms with Gasteiger partial charge in [0.15, 0.2) is 5.97 Å². The lowest BCUT2D eigenvalue weighted by Gasteiger charge is -2.09. The summed E-state index contributed by atoms with van der Waals surface area (Å²) in [5, 5.41) is 0. The molecule has 1 rings (SSSR count). The summed E-state index contributed by atoms with van der Waals surface area (Å²) in [6, 6.07) is 0. The lowest BCUT2D eigenvalue weighted by atomic mass is 9.96. The Balaban J connectivity index is 2.87. The Morgan fingerprint density at radius 1 is 1.62 bits per heavy atom. The average molecular weight is 113 g/mol. The van der Waals surface area contributed by atoms with Gasteiger partial charge < -0.3 is 0 Å². The van der Waals surface area contributed by atoms with E-state index in [0.717, 1.165) is 0 Å². The molecule has 0 unspecified atom stereocenters. The second-order valence-corrected chi connectivity index (χ2v) is 2.46. The van der Waals surface area contributed by atoms with E-state index in [-0.39, 0.29) is 5.97 Å². The number of hydrogen-bond acceptors (Lipinski definition) is 1. The first-order valence-electron chi connectivity index (χ1n) is 2.54. The van der Waals surface area contributed by atoms with Crippen LogP contribution in [0.3, 0.4) is 0 Å². The van der Waals surface area contributed by atoms with E-state index in [9.17, 15) is 4.39 Å². The number of rotatable bonds is 0. The smallest absolute Gasteiger partial charge is 0.198 e. The van der Waals surface area contributed by atoms with E-state index in [1.165, 1.54) is 6.20 Å². The van der Waals surface area contributed by atoms with Gasteiger partial charge in [0.1, 0.15) is 0 Å². The molecule has 1 aliphatic rings. The fraction of sp³-hybridized carbons (Fsp3) is 0.500. The molecule has 0 radical (unpaired) electrons. The van der Waals surface area contributed by atoms with Crippen molar-refractivity contribution in [1.82, 2.24) is 0 Å². The molecule has 0 N–H and O–H groups in total. The largest absolute Gasteiger partial charge is 0.232 e. The van der Waals surface area contributed by atoms with Gasteiger partial charge in [-0.05, 0) is 13.8 Å². The summed E-state index contributed by atoms with van der Waals surface area (Å²) in [6.45, 7) is 3.57. The number of allylic oxidation sites excluding steroid dienone is 1. The molecule has 0 spiro atoms. The molecule has 0 aromatic rings. The maximum absolute atomic E-state index is 12.4. The summed E-state index contributed by atoms with van der Waals surface area (Å²) in [6.07, 6.45) is 3.23. The molecule has 44 valence electrons. The molecule has 0 fully saturated rings. The minimum Gasteiger partial charge on any atom is -0.232 e. The molecule has 0 aromatic heterocycles. The predicted molar refractivity (Wildman–Crippen MR) is 31.5 cm³/mol. The first kappa shape index (κ1) is 5.48. The number of nitrogens with zero attached hydrogens (tertiary/aromatic N) is 1. The van der Waals surface area contributed by atoms with Crippen LogP contribution in [0, 0.1) is 5.41 Å². The Kier molecular flexibility index (Phi) is 0.962. The second kappa shape index (κ2) is 1.41. The van der Waals surface area contributed by atoms with Crippen molar-refractivity contribution >= 4 is 5.97 Å². The topological polar surface area (TPSA) is 12.4 Å². The van der Waals surface area contributed by atoms with Crippen LogP contribution >= 0.6 is 0 Å². The maximum Gasteiger partial charge on any atom is 0.198 e. The van der Waals surface area contributed by atoms with Crippen molar-refractivity contribution in [2.75, 3.05) is 0 Å². The third-order valence-electron chi connectivity index (χ3n) is 1.21. The Labute approximate surface area is 47.9 Å². The first-order chi connectivity index (χ1) is 3.63. The van der Waals surface area contributed by atoms with E-state index in [2.05, 4.69) is 4.99 Å². The number of aliphatic imine (C=N–C) groups is 1. The zero-order valence-electron chi connectivity index (χ0n) is 4.98. The minimum atomic E-state index is -0.444. The second-order valence-electron chi connectivity index (χ2n) is 2.46. The lowest BCUT2D eigenvalue weighted by molar-refractivity contribution is 0.591. The summed E-state index contributed by atoms with van der Waals surface area (Å²) in [7, 11) is 0. The summed E-state index contributed by atoms with van der Waals surface area (Å²) < 4.78 is 12.4. The van der Waals surface area contributed by atoms with Crippen molar-refractivity contribution in [2.45, 2.75) is 13.8 Å². The molecule has 0 aliphatic carbocycles. The van der Waals surface area contributed by atoms with Gasteiger partial charge in [-0.25, -0.2) is 4.99 Å². The van der Waals surface area contributed by atoms with Gasteiger partial charge in [-0.1, -0.05) is 6.08 Å². The third kappa shape index (κ3) is 0.661. The van der Waals surface area contributed by atoms with Crippen molar-refractivity contribution in [3.63, 3.8) is 0 Å². The molecule has 0 amide bonds. The van der Waals surface area contributed by atoms with E-state index in [0.29, 0.717) is 0 Å². The standard InChI is InChI=1S/C6H8FN/c1-6(2)3-4-8-5(6)7/h3-4H,1-2H3. The lowest BCUT2D eigenvalue weighted by Crippen LogP contribution is -2.13. The van der Waals surface area contributed by atoms with Crippen LogP contribution in [0.1, 0.15) is 13.8 Å². The van der Waals surface area contributed by atoms with E-state index in [4.69, 9.17) is 0 Å². The Bertz CT molecular complexity index is 156. The van der Waals surface area contributed by atoms with Crippen LogP contribution in [-0.2, 0) is 0 Å². The van der Waals surface area contributed by atoms with Gasteiger partial charge in [-0.3, -0.25) is 0 Å². The number of hydrogen-bond donors (Lipinski definition) is 0. The van der Waals surface area contributed by atoms with Crippen LogP contribution in [-0.4, -0.2) is 5.97 Å². The quantitative estimate of drug-likeness (QED) is 0.455. The van der Waals surface area contributed by atoms with Gasteiger partial charge in [-0.15, -0.1) is 0 Å². The Morgan fingerprint density at radius 3 is 2.38 bits per heavy atom. The fourth-order valence-electron chi connectivity index (χ4n) is 0.524. The maximum atomic E-state index is 12.4. The molecular weight excluding hydrogens is 105 g/mol. The summed E-state index contributed by atoms with van der Waals surface area (Å²) >= 11 is 0. The van der Waals surface area contributed by atoms with E-state index >= 15 is 0 Å². The summed E-state index contributed by atoms with van der Waals surface area (Å²) in [4.78, 5) is 3.46. The highest BCUT2D eigenvalue weighted by Crippen LogP contribution is 2.24. The van der Waals surface area contributed by atoms with Crippen LogP contribution in [0.15, 0.2) is 17.3 Å². The van der Waals surface area contributed by atoms with Crippen LogP contribution < -0.4 is 0 Å². The van der Waals surface area contributed by atoms with Gasteiger partial charge in [0.25, 0.3) is 0 Å². The Morgan fingerprint density at radius 2 is 2.25 bits per heavy atom.